The minimum atomic E-state index is -4.15. The number of alkyl halides is 3. The van der Waals surface area contributed by atoms with Crippen LogP contribution >= 0.6 is 11.8 Å². The van der Waals surface area contributed by atoms with Gasteiger partial charge < -0.3 is 4.74 Å². The highest BCUT2D eigenvalue weighted by Crippen LogP contribution is 2.26. The Kier molecular flexibility index (Phi) is 7.62. The third kappa shape index (κ3) is 7.84. The highest BCUT2D eigenvalue weighted by atomic mass is 32.2. The number of carbonyl (C=O) groups is 1. The number of unbranched alkanes of at least 4 members (excludes halogenated alkanes) is 1. The molecule has 0 saturated heterocycles. The SMILES string of the molecule is CCCCC(SCCC(F)(F)F)C(=O)OC. The Hall–Kier alpha value is -0.390. The molecule has 0 aliphatic heterocycles. The average molecular weight is 258 g/mol. The molecular formula is C10H17F3O2S. The lowest BCUT2D eigenvalue weighted by molar-refractivity contribution is -0.140. The highest BCUT2D eigenvalue weighted by Gasteiger charge is 2.28. The number of halogens is 3. The lowest BCUT2D eigenvalue weighted by Gasteiger charge is -2.14. The van der Waals surface area contributed by atoms with E-state index in [1.165, 1.54) is 7.11 Å². The van der Waals surface area contributed by atoms with Crippen molar-refractivity contribution in [3.8, 4) is 0 Å². The second kappa shape index (κ2) is 7.81. The molecule has 0 fully saturated rings. The fraction of sp³-hybridized carbons (Fsp3) is 0.900. The number of ether oxygens (including phenoxy) is 1. The van der Waals surface area contributed by atoms with Gasteiger partial charge in [-0.05, 0) is 6.42 Å². The fourth-order valence-electron chi connectivity index (χ4n) is 1.11. The van der Waals surface area contributed by atoms with Crippen LogP contribution in [0.1, 0.15) is 32.6 Å². The Bertz CT molecular complexity index is 207. The number of carbonyl (C=O) groups excluding carboxylic acids is 1. The Balaban J connectivity index is 3.96. The maximum Gasteiger partial charge on any atom is 0.389 e. The zero-order valence-electron chi connectivity index (χ0n) is 9.47. The summed E-state index contributed by atoms with van der Waals surface area (Å²) in [5.74, 6) is -0.520. The molecular weight excluding hydrogens is 241 g/mol. The molecule has 96 valence electrons. The van der Waals surface area contributed by atoms with E-state index in [1.54, 1.807) is 0 Å². The highest BCUT2D eigenvalue weighted by molar-refractivity contribution is 8.00. The van der Waals surface area contributed by atoms with Crippen molar-refractivity contribution in [2.75, 3.05) is 12.9 Å². The fourth-order valence-corrected chi connectivity index (χ4v) is 2.31. The number of hydrogen-bond donors (Lipinski definition) is 0. The molecule has 0 radical (unpaired) electrons. The molecule has 0 rings (SSSR count). The molecule has 0 bridgehead atoms. The summed E-state index contributed by atoms with van der Waals surface area (Å²) in [5.41, 5.74) is 0. The zero-order valence-corrected chi connectivity index (χ0v) is 10.3. The van der Waals surface area contributed by atoms with Gasteiger partial charge in [-0.25, -0.2) is 0 Å². The summed E-state index contributed by atoms with van der Waals surface area (Å²) >= 11 is 1.03. The predicted octanol–water partition coefficient (Wildman–Crippen LogP) is 3.40. The maximum absolute atomic E-state index is 11.9. The van der Waals surface area contributed by atoms with E-state index in [1.807, 2.05) is 6.92 Å². The molecule has 6 heteroatoms. The normalized spacial score (nSPS) is 13.6. The molecule has 0 aliphatic carbocycles. The van der Waals surface area contributed by atoms with Crippen LogP contribution in [0.4, 0.5) is 13.2 Å². The van der Waals surface area contributed by atoms with Crippen LogP contribution in [0, 0.1) is 0 Å². The molecule has 0 spiro atoms. The van der Waals surface area contributed by atoms with Crippen molar-refractivity contribution in [2.24, 2.45) is 0 Å². The molecule has 0 aliphatic rings. The van der Waals surface area contributed by atoms with Gasteiger partial charge in [0.15, 0.2) is 0 Å². The Morgan fingerprint density at radius 2 is 2.06 bits per heavy atom. The van der Waals surface area contributed by atoms with Gasteiger partial charge in [0.25, 0.3) is 0 Å². The summed E-state index contributed by atoms with van der Waals surface area (Å²) in [6.45, 7) is 1.97. The first-order valence-corrected chi connectivity index (χ1v) is 6.21. The minimum absolute atomic E-state index is 0.0903. The third-order valence-electron chi connectivity index (χ3n) is 1.99. The van der Waals surface area contributed by atoms with Crippen LogP contribution < -0.4 is 0 Å². The lowest BCUT2D eigenvalue weighted by Crippen LogP contribution is -2.20. The van der Waals surface area contributed by atoms with E-state index in [0.29, 0.717) is 6.42 Å². The molecule has 2 nitrogen and oxygen atoms in total. The van der Waals surface area contributed by atoms with E-state index >= 15 is 0 Å². The van der Waals surface area contributed by atoms with Crippen LogP contribution in [-0.2, 0) is 9.53 Å². The molecule has 0 N–H and O–H groups in total. The van der Waals surface area contributed by atoms with Crippen LogP contribution in [0.3, 0.4) is 0 Å². The maximum atomic E-state index is 11.9. The van der Waals surface area contributed by atoms with E-state index in [0.717, 1.165) is 24.6 Å². The van der Waals surface area contributed by atoms with Crippen LogP contribution in [0.15, 0.2) is 0 Å². The average Bonchev–Trinajstić information content (AvgIpc) is 2.20. The number of methoxy groups -OCH3 is 1. The second-order valence-electron chi connectivity index (χ2n) is 3.39. The summed E-state index contributed by atoms with van der Waals surface area (Å²) in [4.78, 5) is 11.2. The predicted molar refractivity (Wildman–Crippen MR) is 58.5 cm³/mol. The molecule has 0 saturated carbocycles. The monoisotopic (exact) mass is 258 g/mol. The first-order valence-electron chi connectivity index (χ1n) is 5.17. The second-order valence-corrected chi connectivity index (χ2v) is 4.70. The topological polar surface area (TPSA) is 26.3 Å². The zero-order chi connectivity index (χ0) is 12.6. The van der Waals surface area contributed by atoms with Crippen LogP contribution in [0.25, 0.3) is 0 Å². The van der Waals surface area contributed by atoms with E-state index in [9.17, 15) is 18.0 Å². The molecule has 1 atom stereocenters. The van der Waals surface area contributed by atoms with Crippen molar-refractivity contribution in [2.45, 2.75) is 44.0 Å². The molecule has 16 heavy (non-hydrogen) atoms. The van der Waals surface area contributed by atoms with Crippen molar-refractivity contribution in [1.29, 1.82) is 0 Å². The van der Waals surface area contributed by atoms with Crippen LogP contribution in [0.2, 0.25) is 0 Å². The molecule has 1 unspecified atom stereocenters. The van der Waals surface area contributed by atoms with Crippen LogP contribution in [-0.4, -0.2) is 30.3 Å². The molecule has 0 aromatic rings. The standard InChI is InChI=1S/C10H17F3O2S/c1-3-4-5-8(9(14)15-2)16-7-6-10(11,12)13/h8H,3-7H2,1-2H3. The summed E-state index contributed by atoms with van der Waals surface area (Å²) in [7, 11) is 1.26. The minimum Gasteiger partial charge on any atom is -0.468 e. The number of thioether (sulfide) groups is 1. The Morgan fingerprint density at radius 1 is 1.44 bits per heavy atom. The van der Waals surface area contributed by atoms with Gasteiger partial charge in [0.1, 0.15) is 5.25 Å². The summed E-state index contributed by atoms with van der Waals surface area (Å²) < 4.78 is 40.3. The van der Waals surface area contributed by atoms with Gasteiger partial charge in [-0.1, -0.05) is 19.8 Å². The van der Waals surface area contributed by atoms with Gasteiger partial charge in [0, 0.05) is 5.75 Å². The van der Waals surface area contributed by atoms with Crippen LogP contribution in [0.5, 0.6) is 0 Å². The van der Waals surface area contributed by atoms with Gasteiger partial charge in [-0.2, -0.15) is 13.2 Å². The van der Waals surface area contributed by atoms with Gasteiger partial charge in [-0.15, -0.1) is 11.8 Å². The summed E-state index contributed by atoms with van der Waals surface area (Å²) in [5, 5.41) is -0.465. The summed E-state index contributed by atoms with van der Waals surface area (Å²) in [6.07, 6.45) is -2.71. The quantitative estimate of drug-likeness (QED) is 0.655. The van der Waals surface area contributed by atoms with Gasteiger partial charge >= 0.3 is 12.1 Å². The smallest absolute Gasteiger partial charge is 0.389 e. The van der Waals surface area contributed by atoms with Crippen molar-refractivity contribution in [1.82, 2.24) is 0 Å². The Morgan fingerprint density at radius 3 is 2.50 bits per heavy atom. The molecule has 0 aromatic heterocycles. The molecule has 0 amide bonds. The molecule has 0 aromatic carbocycles. The van der Waals surface area contributed by atoms with Crippen molar-refractivity contribution >= 4 is 17.7 Å². The van der Waals surface area contributed by atoms with E-state index in [4.69, 9.17) is 0 Å². The van der Waals surface area contributed by atoms with Gasteiger partial charge in [0.2, 0.25) is 0 Å². The Labute approximate surface area is 97.9 Å². The third-order valence-corrected chi connectivity index (χ3v) is 3.26. The number of esters is 1. The summed E-state index contributed by atoms with van der Waals surface area (Å²) in [6, 6.07) is 0. The van der Waals surface area contributed by atoms with Crippen molar-refractivity contribution < 1.29 is 22.7 Å². The number of hydrogen-bond acceptors (Lipinski definition) is 3. The van der Waals surface area contributed by atoms with Crippen molar-refractivity contribution in [3.05, 3.63) is 0 Å². The molecule has 0 heterocycles. The van der Waals surface area contributed by atoms with Crippen molar-refractivity contribution in [3.63, 3.8) is 0 Å². The van der Waals surface area contributed by atoms with E-state index in [2.05, 4.69) is 4.74 Å². The van der Waals surface area contributed by atoms with E-state index < -0.39 is 23.8 Å². The van der Waals surface area contributed by atoms with E-state index in [-0.39, 0.29) is 5.75 Å². The largest absolute Gasteiger partial charge is 0.468 e. The lowest BCUT2D eigenvalue weighted by atomic mass is 10.2. The van der Waals surface area contributed by atoms with Gasteiger partial charge in [-0.3, -0.25) is 4.79 Å². The first kappa shape index (κ1) is 15.6. The first-order chi connectivity index (χ1) is 7.40. The van der Waals surface area contributed by atoms with Gasteiger partial charge in [0.05, 0.1) is 13.5 Å². The number of rotatable bonds is 7.